The number of hydrogen-bond acceptors (Lipinski definition) is 11. The van der Waals surface area contributed by atoms with Crippen molar-refractivity contribution in [1.29, 1.82) is 0 Å². The molecule has 0 aliphatic heterocycles. The molecule has 1 aliphatic carbocycles. The number of ketones is 1. The molecule has 0 atom stereocenters. The topological polar surface area (TPSA) is 170 Å². The minimum atomic E-state index is -0.660. The average Bonchev–Trinajstić information content (AvgIpc) is 3.50. The predicted molar refractivity (Wildman–Crippen MR) is 148 cm³/mol. The molecule has 1 aliphatic rings. The van der Waals surface area contributed by atoms with Crippen molar-refractivity contribution < 1.29 is 24.3 Å². The zero-order valence-electron chi connectivity index (χ0n) is 22.6. The highest BCUT2D eigenvalue weighted by Gasteiger charge is 2.25. The van der Waals surface area contributed by atoms with Gasteiger partial charge in [-0.05, 0) is 50.5 Å². The van der Waals surface area contributed by atoms with Gasteiger partial charge in [0.2, 0.25) is 11.8 Å². The summed E-state index contributed by atoms with van der Waals surface area (Å²) in [4.78, 5) is 54.5. The van der Waals surface area contributed by atoms with E-state index in [2.05, 4.69) is 25.3 Å². The summed E-state index contributed by atoms with van der Waals surface area (Å²) in [5, 5.41) is 12.4. The number of rotatable bonds is 10. The molecule has 41 heavy (non-hydrogen) atoms. The van der Waals surface area contributed by atoms with Gasteiger partial charge in [-0.15, -0.1) is 0 Å². The molecule has 4 aromatic rings. The number of ether oxygens (including phenoxy) is 2. The van der Waals surface area contributed by atoms with E-state index in [1.54, 1.807) is 36.0 Å². The SMILES string of the molecule is CC(=O)c1c(C)c2cnc(Nc3ccc(OCCOc4ccc(C(=O)NO)cn4)cn3)nc2n(C2CCCC2)c1=O. The molecule has 1 fully saturated rings. The molecule has 1 saturated carbocycles. The van der Waals surface area contributed by atoms with Crippen LogP contribution in [0.2, 0.25) is 0 Å². The Morgan fingerprint density at radius 3 is 2.46 bits per heavy atom. The number of carbonyl (C=O) groups is 2. The molecule has 0 aromatic carbocycles. The second-order valence-electron chi connectivity index (χ2n) is 9.63. The van der Waals surface area contributed by atoms with Crippen molar-refractivity contribution in [3.05, 3.63) is 69.9 Å². The minimum Gasteiger partial charge on any atom is -0.488 e. The molecular formula is C28H29N7O6. The number of aryl methyl sites for hydroxylation is 1. The summed E-state index contributed by atoms with van der Waals surface area (Å²) < 4.78 is 12.8. The van der Waals surface area contributed by atoms with E-state index in [0.717, 1.165) is 25.7 Å². The maximum atomic E-state index is 13.4. The summed E-state index contributed by atoms with van der Waals surface area (Å²) in [6.45, 7) is 3.60. The zero-order chi connectivity index (χ0) is 28.9. The summed E-state index contributed by atoms with van der Waals surface area (Å²) in [5.41, 5.74) is 2.72. The number of nitrogens with zero attached hydrogens (tertiary/aromatic N) is 5. The molecule has 4 heterocycles. The van der Waals surface area contributed by atoms with Crippen LogP contribution in [-0.4, -0.2) is 54.6 Å². The summed E-state index contributed by atoms with van der Waals surface area (Å²) >= 11 is 0. The number of amides is 1. The highest BCUT2D eigenvalue weighted by molar-refractivity contribution is 5.99. The molecule has 1 amide bonds. The van der Waals surface area contributed by atoms with Gasteiger partial charge < -0.3 is 14.8 Å². The fourth-order valence-corrected chi connectivity index (χ4v) is 4.93. The van der Waals surface area contributed by atoms with Crippen molar-refractivity contribution in [2.24, 2.45) is 0 Å². The highest BCUT2D eigenvalue weighted by Crippen LogP contribution is 2.32. The fraction of sp³-hybridized carbons (Fsp3) is 0.321. The third-order valence-corrected chi connectivity index (χ3v) is 6.93. The molecule has 13 nitrogen and oxygen atoms in total. The Kier molecular flexibility index (Phi) is 8.15. The number of aromatic nitrogens is 5. The first-order valence-electron chi connectivity index (χ1n) is 13.2. The Bertz CT molecular complexity index is 1630. The maximum Gasteiger partial charge on any atom is 0.276 e. The standard InChI is InChI=1S/C28H29N7O6/c1-16-21-15-31-28(33-25(21)35(19-5-3-4-6-19)27(38)24(16)17(2)36)32-22-9-8-20(14-29-22)40-11-12-41-23-10-7-18(13-30-23)26(37)34-39/h7-10,13-15,19,39H,3-6,11-12H2,1-2H3,(H,34,37)(H,29,31,32,33). The molecule has 0 saturated heterocycles. The van der Waals surface area contributed by atoms with Crippen molar-refractivity contribution in [2.75, 3.05) is 18.5 Å². The van der Waals surface area contributed by atoms with Gasteiger partial charge in [0.25, 0.3) is 11.5 Å². The van der Waals surface area contributed by atoms with Crippen LogP contribution in [0.1, 0.15) is 64.9 Å². The lowest BCUT2D eigenvalue weighted by Gasteiger charge is -2.19. The normalized spacial score (nSPS) is 13.2. The van der Waals surface area contributed by atoms with Gasteiger partial charge in [-0.1, -0.05) is 12.8 Å². The molecule has 13 heteroatoms. The van der Waals surface area contributed by atoms with Gasteiger partial charge in [-0.2, -0.15) is 4.98 Å². The second-order valence-corrected chi connectivity index (χ2v) is 9.63. The molecule has 0 spiro atoms. The lowest BCUT2D eigenvalue weighted by Crippen LogP contribution is -2.30. The molecule has 3 N–H and O–H groups in total. The molecule has 212 valence electrons. The first-order valence-corrected chi connectivity index (χ1v) is 13.2. The predicted octanol–water partition coefficient (Wildman–Crippen LogP) is 3.53. The third kappa shape index (κ3) is 5.99. The number of pyridine rings is 3. The molecule has 0 unspecified atom stereocenters. The first-order chi connectivity index (χ1) is 19.9. The number of carbonyl (C=O) groups excluding carboxylic acids is 2. The Morgan fingerprint density at radius 2 is 1.80 bits per heavy atom. The number of nitrogens with one attached hydrogen (secondary N) is 2. The Morgan fingerprint density at radius 1 is 1.02 bits per heavy atom. The quantitative estimate of drug-likeness (QED) is 0.112. The summed E-state index contributed by atoms with van der Waals surface area (Å²) in [6, 6.07) is 6.42. The largest absolute Gasteiger partial charge is 0.488 e. The monoisotopic (exact) mass is 559 g/mol. The van der Waals surface area contributed by atoms with E-state index in [1.165, 1.54) is 30.7 Å². The van der Waals surface area contributed by atoms with E-state index in [1.807, 2.05) is 0 Å². The Hall–Kier alpha value is -4.91. The van der Waals surface area contributed by atoms with E-state index in [0.29, 0.717) is 34.0 Å². The van der Waals surface area contributed by atoms with Crippen LogP contribution >= 0.6 is 0 Å². The zero-order valence-corrected chi connectivity index (χ0v) is 22.6. The number of Topliss-reactive ketones (excluding diaryl/α,β-unsaturated/α-hetero) is 1. The second kappa shape index (κ2) is 12.1. The maximum absolute atomic E-state index is 13.4. The highest BCUT2D eigenvalue weighted by atomic mass is 16.5. The third-order valence-electron chi connectivity index (χ3n) is 6.93. The van der Waals surface area contributed by atoms with Gasteiger partial charge in [0.05, 0.1) is 17.3 Å². The number of hydroxylamine groups is 1. The van der Waals surface area contributed by atoms with Crippen LogP contribution in [0.15, 0.2) is 47.7 Å². The summed E-state index contributed by atoms with van der Waals surface area (Å²) in [7, 11) is 0. The van der Waals surface area contributed by atoms with Crippen LogP contribution in [0.3, 0.4) is 0 Å². The molecule has 5 rings (SSSR count). The van der Waals surface area contributed by atoms with Crippen molar-refractivity contribution in [3.8, 4) is 11.6 Å². The van der Waals surface area contributed by atoms with E-state index in [4.69, 9.17) is 14.7 Å². The Balaban J connectivity index is 1.25. The lowest BCUT2D eigenvalue weighted by molar-refractivity contribution is 0.0705. The van der Waals surface area contributed by atoms with Crippen molar-refractivity contribution in [3.63, 3.8) is 0 Å². The fourth-order valence-electron chi connectivity index (χ4n) is 4.93. The Labute approximate surface area is 234 Å². The average molecular weight is 560 g/mol. The number of anilines is 2. The van der Waals surface area contributed by atoms with Gasteiger partial charge in [0, 0.05) is 29.9 Å². The van der Waals surface area contributed by atoms with Crippen molar-refractivity contribution in [2.45, 2.75) is 45.6 Å². The van der Waals surface area contributed by atoms with E-state index in [9.17, 15) is 14.4 Å². The smallest absolute Gasteiger partial charge is 0.276 e. The summed E-state index contributed by atoms with van der Waals surface area (Å²) in [6.07, 6.45) is 8.25. The van der Waals surface area contributed by atoms with E-state index in [-0.39, 0.29) is 47.7 Å². The van der Waals surface area contributed by atoms with E-state index >= 15 is 0 Å². The molecule has 0 radical (unpaired) electrons. The molecule has 0 bridgehead atoms. The van der Waals surface area contributed by atoms with Crippen LogP contribution in [0.4, 0.5) is 11.8 Å². The number of fused-ring (bicyclic) bond motifs is 1. The molecular weight excluding hydrogens is 530 g/mol. The van der Waals surface area contributed by atoms with Gasteiger partial charge in [0.1, 0.15) is 30.4 Å². The van der Waals surface area contributed by atoms with Crippen LogP contribution in [0, 0.1) is 6.92 Å². The van der Waals surface area contributed by atoms with Crippen LogP contribution in [-0.2, 0) is 0 Å². The molecule has 4 aromatic heterocycles. The van der Waals surface area contributed by atoms with Crippen LogP contribution < -0.4 is 25.8 Å². The van der Waals surface area contributed by atoms with E-state index < -0.39 is 5.91 Å². The first kappa shape index (κ1) is 27.6. The van der Waals surface area contributed by atoms with Gasteiger partial charge >= 0.3 is 0 Å². The lowest BCUT2D eigenvalue weighted by atomic mass is 10.0. The van der Waals surface area contributed by atoms with Crippen molar-refractivity contribution in [1.82, 2.24) is 30.0 Å². The van der Waals surface area contributed by atoms with Gasteiger partial charge in [0.15, 0.2) is 5.78 Å². The van der Waals surface area contributed by atoms with Crippen LogP contribution in [0.5, 0.6) is 11.6 Å². The van der Waals surface area contributed by atoms with Crippen molar-refractivity contribution >= 4 is 34.5 Å². The number of hydrogen-bond donors (Lipinski definition) is 3. The summed E-state index contributed by atoms with van der Waals surface area (Å²) in [5.74, 6) is 0.666. The van der Waals surface area contributed by atoms with Crippen LogP contribution in [0.25, 0.3) is 11.0 Å². The minimum absolute atomic E-state index is 0.00658. The van der Waals surface area contributed by atoms with Gasteiger partial charge in [-0.25, -0.2) is 20.4 Å². The van der Waals surface area contributed by atoms with Gasteiger partial charge in [-0.3, -0.25) is 24.2 Å².